The second kappa shape index (κ2) is 6.26. The molecule has 0 spiro atoms. The van der Waals surface area contributed by atoms with Crippen LogP contribution < -0.4 is 11.1 Å². The average Bonchev–Trinajstić information content (AvgIpc) is 3.04. The Balaban J connectivity index is 1.90. The van der Waals surface area contributed by atoms with Crippen LogP contribution >= 0.6 is 22.9 Å². The van der Waals surface area contributed by atoms with E-state index in [0.717, 1.165) is 21.3 Å². The van der Waals surface area contributed by atoms with Gasteiger partial charge in [0.25, 0.3) is 5.91 Å². The Morgan fingerprint density at radius 1 is 1.50 bits per heavy atom. The molecule has 7 heteroatoms. The molecule has 92 valence electrons. The normalized spacial score (nSPS) is 9.61. The molecular formula is C11H10N4OS2. The van der Waals surface area contributed by atoms with Gasteiger partial charge >= 0.3 is 0 Å². The zero-order valence-corrected chi connectivity index (χ0v) is 11.0. The smallest absolute Gasteiger partial charge is 0.264 e. The van der Waals surface area contributed by atoms with Crippen molar-refractivity contribution in [3.05, 3.63) is 33.0 Å². The molecule has 0 aromatic carbocycles. The first kappa shape index (κ1) is 12.7. The molecule has 0 unspecified atom stereocenters. The standard InChI is InChI=1S/C11H10N4OS2/c12-5-1-2-8-3-4-9(17-8)6-13-11(16)10-7-14-15-18-10/h3-4,7H,5-6,12H2,(H,13,16). The Kier molecular flexibility index (Phi) is 4.41. The van der Waals surface area contributed by atoms with E-state index in [9.17, 15) is 4.79 Å². The third-order valence-corrected chi connectivity index (χ3v) is 3.65. The highest BCUT2D eigenvalue weighted by Gasteiger charge is 2.08. The zero-order chi connectivity index (χ0) is 12.8. The zero-order valence-electron chi connectivity index (χ0n) is 9.34. The SMILES string of the molecule is NCC#Cc1ccc(CNC(=O)c2cnns2)s1. The van der Waals surface area contributed by atoms with E-state index >= 15 is 0 Å². The molecule has 0 aliphatic rings. The highest BCUT2D eigenvalue weighted by molar-refractivity contribution is 7.12. The lowest BCUT2D eigenvalue weighted by atomic mass is 10.4. The molecule has 0 bridgehead atoms. The number of aromatic nitrogens is 2. The van der Waals surface area contributed by atoms with Gasteiger partial charge in [-0.25, -0.2) is 0 Å². The maximum absolute atomic E-state index is 11.6. The van der Waals surface area contributed by atoms with E-state index in [0.29, 0.717) is 18.0 Å². The summed E-state index contributed by atoms with van der Waals surface area (Å²) in [6, 6.07) is 3.86. The number of carbonyl (C=O) groups is 1. The number of hydrogen-bond acceptors (Lipinski definition) is 6. The number of nitrogens with two attached hydrogens (primary N) is 1. The Labute approximate surface area is 112 Å². The Morgan fingerprint density at radius 2 is 2.39 bits per heavy atom. The summed E-state index contributed by atoms with van der Waals surface area (Å²) < 4.78 is 3.64. The molecule has 0 fully saturated rings. The molecule has 5 nitrogen and oxygen atoms in total. The first-order chi connectivity index (χ1) is 8.79. The van der Waals surface area contributed by atoms with Crippen molar-refractivity contribution in [3.63, 3.8) is 0 Å². The van der Waals surface area contributed by atoms with Crippen molar-refractivity contribution in [2.24, 2.45) is 5.73 Å². The summed E-state index contributed by atoms with van der Waals surface area (Å²) in [5, 5.41) is 6.42. The third kappa shape index (κ3) is 3.37. The van der Waals surface area contributed by atoms with Gasteiger partial charge in [-0.1, -0.05) is 16.3 Å². The summed E-state index contributed by atoms with van der Waals surface area (Å²) in [5.41, 5.74) is 5.30. The highest BCUT2D eigenvalue weighted by Crippen LogP contribution is 2.15. The van der Waals surface area contributed by atoms with Crippen LogP contribution in [0.2, 0.25) is 0 Å². The number of nitrogens with zero attached hydrogens (tertiary/aromatic N) is 2. The molecule has 0 saturated carbocycles. The van der Waals surface area contributed by atoms with Crippen molar-refractivity contribution >= 4 is 28.8 Å². The lowest BCUT2D eigenvalue weighted by molar-refractivity contribution is 0.0955. The Hall–Kier alpha value is -1.75. The molecule has 18 heavy (non-hydrogen) atoms. The summed E-state index contributed by atoms with van der Waals surface area (Å²) in [7, 11) is 0. The fourth-order valence-electron chi connectivity index (χ4n) is 1.20. The van der Waals surface area contributed by atoms with E-state index in [4.69, 9.17) is 5.73 Å². The van der Waals surface area contributed by atoms with Crippen LogP contribution in [0.4, 0.5) is 0 Å². The molecule has 0 aliphatic carbocycles. The van der Waals surface area contributed by atoms with Crippen LogP contribution in [0.5, 0.6) is 0 Å². The number of nitrogens with one attached hydrogen (secondary N) is 1. The van der Waals surface area contributed by atoms with E-state index < -0.39 is 0 Å². The summed E-state index contributed by atoms with van der Waals surface area (Å²) in [5.74, 6) is 5.58. The molecule has 2 aromatic rings. The van der Waals surface area contributed by atoms with Crippen molar-refractivity contribution < 1.29 is 4.79 Å². The van der Waals surface area contributed by atoms with Gasteiger partial charge in [-0.15, -0.1) is 16.4 Å². The number of carbonyl (C=O) groups excluding carboxylic acids is 1. The first-order valence-corrected chi connectivity index (χ1v) is 6.72. The van der Waals surface area contributed by atoms with Gasteiger partial charge in [-0.3, -0.25) is 4.79 Å². The second-order valence-electron chi connectivity index (χ2n) is 3.24. The van der Waals surface area contributed by atoms with Gasteiger partial charge in [0.1, 0.15) is 4.88 Å². The maximum Gasteiger partial charge on any atom is 0.264 e. The Bertz CT molecular complexity index is 580. The molecule has 0 aliphatic heterocycles. The minimum Gasteiger partial charge on any atom is -0.346 e. The largest absolute Gasteiger partial charge is 0.346 e. The molecule has 0 radical (unpaired) electrons. The molecule has 2 rings (SSSR count). The van der Waals surface area contributed by atoms with E-state index in [1.165, 1.54) is 6.20 Å². The van der Waals surface area contributed by atoms with Crippen molar-refractivity contribution in [2.75, 3.05) is 6.54 Å². The fourth-order valence-corrected chi connectivity index (χ4v) is 2.45. The van der Waals surface area contributed by atoms with Crippen LogP contribution in [-0.2, 0) is 6.54 Å². The lowest BCUT2D eigenvalue weighted by Crippen LogP contribution is -2.21. The van der Waals surface area contributed by atoms with Crippen LogP contribution in [0.3, 0.4) is 0 Å². The van der Waals surface area contributed by atoms with E-state index in [-0.39, 0.29) is 5.91 Å². The van der Waals surface area contributed by atoms with Crippen LogP contribution in [0.1, 0.15) is 19.4 Å². The predicted molar refractivity (Wildman–Crippen MR) is 71.3 cm³/mol. The lowest BCUT2D eigenvalue weighted by Gasteiger charge is -1.99. The summed E-state index contributed by atoms with van der Waals surface area (Å²) in [6.45, 7) is 0.827. The molecule has 2 heterocycles. The molecule has 1 amide bonds. The van der Waals surface area contributed by atoms with Crippen molar-refractivity contribution in [2.45, 2.75) is 6.54 Å². The van der Waals surface area contributed by atoms with Crippen molar-refractivity contribution in [1.82, 2.24) is 14.9 Å². The Morgan fingerprint density at radius 3 is 3.11 bits per heavy atom. The predicted octanol–water partition coefficient (Wildman–Crippen LogP) is 0.840. The van der Waals surface area contributed by atoms with E-state index in [2.05, 4.69) is 26.7 Å². The first-order valence-electron chi connectivity index (χ1n) is 5.13. The van der Waals surface area contributed by atoms with Gasteiger partial charge in [-0.2, -0.15) is 0 Å². The van der Waals surface area contributed by atoms with Crippen molar-refractivity contribution in [1.29, 1.82) is 0 Å². The summed E-state index contributed by atoms with van der Waals surface area (Å²) >= 11 is 2.62. The molecule has 2 aromatic heterocycles. The molecular weight excluding hydrogens is 268 g/mol. The van der Waals surface area contributed by atoms with E-state index in [1.54, 1.807) is 11.3 Å². The minimum absolute atomic E-state index is 0.159. The van der Waals surface area contributed by atoms with Crippen LogP contribution in [0.25, 0.3) is 0 Å². The maximum atomic E-state index is 11.6. The van der Waals surface area contributed by atoms with Gasteiger partial charge < -0.3 is 11.1 Å². The monoisotopic (exact) mass is 278 g/mol. The van der Waals surface area contributed by atoms with Gasteiger partial charge in [0.2, 0.25) is 0 Å². The fraction of sp³-hybridized carbons (Fsp3) is 0.182. The molecule has 0 atom stereocenters. The number of thiophene rings is 1. The number of rotatable bonds is 3. The molecule has 0 saturated heterocycles. The van der Waals surface area contributed by atoms with Gasteiger partial charge in [-0.05, 0) is 23.7 Å². The van der Waals surface area contributed by atoms with Gasteiger partial charge in [0.05, 0.1) is 24.2 Å². The van der Waals surface area contributed by atoms with Crippen LogP contribution in [0, 0.1) is 11.8 Å². The summed E-state index contributed by atoms with van der Waals surface area (Å²) in [6.07, 6.45) is 1.45. The number of amides is 1. The van der Waals surface area contributed by atoms with Gasteiger partial charge in [0, 0.05) is 4.88 Å². The van der Waals surface area contributed by atoms with Gasteiger partial charge in [0.15, 0.2) is 0 Å². The quantitative estimate of drug-likeness (QED) is 0.815. The van der Waals surface area contributed by atoms with Crippen LogP contribution in [0.15, 0.2) is 18.3 Å². The topological polar surface area (TPSA) is 80.9 Å². The highest BCUT2D eigenvalue weighted by atomic mass is 32.1. The minimum atomic E-state index is -0.159. The van der Waals surface area contributed by atoms with E-state index in [1.807, 2.05) is 12.1 Å². The number of hydrogen-bond donors (Lipinski definition) is 2. The molecule has 3 N–H and O–H groups in total. The van der Waals surface area contributed by atoms with Crippen LogP contribution in [-0.4, -0.2) is 22.0 Å². The van der Waals surface area contributed by atoms with Crippen molar-refractivity contribution in [3.8, 4) is 11.8 Å². The average molecular weight is 278 g/mol. The summed E-state index contributed by atoms with van der Waals surface area (Å²) in [4.78, 5) is 14.1. The third-order valence-electron chi connectivity index (χ3n) is 1.98. The second-order valence-corrected chi connectivity index (χ2v) is 5.19.